The molecule has 10 heteroatoms. The first-order valence-electron chi connectivity index (χ1n) is 12.2. The zero-order valence-corrected chi connectivity index (χ0v) is 25.6. The second kappa shape index (κ2) is 11.1. The SMILES string of the molecule is Cc1ccc(C=Cc2nc(C(=O)NCc3cc(Cl)cc(Cl)c3)c(O[Si](C)(C)C(C)(C)C)c3nnccc23)s1. The number of amides is 1. The number of benzene rings is 1. The van der Waals surface area contributed by atoms with Crippen LogP contribution >= 0.6 is 34.5 Å². The van der Waals surface area contributed by atoms with Crippen LogP contribution in [0.1, 0.15) is 52.3 Å². The Morgan fingerprint density at radius 2 is 1.82 bits per heavy atom. The number of hydrogen-bond donors (Lipinski definition) is 1. The van der Waals surface area contributed by atoms with Crippen LogP contribution in [0.15, 0.2) is 42.6 Å². The van der Waals surface area contributed by atoms with Gasteiger partial charge < -0.3 is 9.74 Å². The molecule has 0 aliphatic rings. The minimum Gasteiger partial charge on any atom is -0.540 e. The molecule has 0 aliphatic carbocycles. The summed E-state index contributed by atoms with van der Waals surface area (Å²) in [6.07, 6.45) is 5.51. The monoisotopic (exact) mass is 584 g/mol. The molecule has 0 radical (unpaired) electrons. The van der Waals surface area contributed by atoms with E-state index in [4.69, 9.17) is 32.6 Å². The third-order valence-corrected chi connectivity index (χ3v) is 12.3. The third kappa shape index (κ3) is 6.43. The molecule has 0 saturated carbocycles. The van der Waals surface area contributed by atoms with Crippen LogP contribution in [0.4, 0.5) is 0 Å². The summed E-state index contributed by atoms with van der Waals surface area (Å²) in [6.45, 7) is 13.0. The predicted octanol–water partition coefficient (Wildman–Crippen LogP) is 8.19. The van der Waals surface area contributed by atoms with Crippen molar-refractivity contribution in [3.63, 3.8) is 0 Å². The molecule has 198 valence electrons. The van der Waals surface area contributed by atoms with Crippen LogP contribution < -0.4 is 9.74 Å². The summed E-state index contributed by atoms with van der Waals surface area (Å²) in [5.74, 6) is -0.0329. The maximum absolute atomic E-state index is 13.6. The average molecular weight is 586 g/mol. The first-order chi connectivity index (χ1) is 17.8. The van der Waals surface area contributed by atoms with Crippen molar-refractivity contribution in [3.05, 3.63) is 79.3 Å². The van der Waals surface area contributed by atoms with Gasteiger partial charge in [-0.15, -0.1) is 16.4 Å². The molecule has 0 fully saturated rings. The molecule has 1 N–H and O–H groups in total. The maximum atomic E-state index is 13.6. The van der Waals surface area contributed by atoms with E-state index in [1.807, 2.05) is 18.2 Å². The number of nitrogens with zero attached hydrogens (tertiary/aromatic N) is 3. The number of thiophene rings is 1. The molecule has 4 rings (SSSR count). The fourth-order valence-electron chi connectivity index (χ4n) is 3.52. The molecule has 0 aliphatic heterocycles. The number of rotatable bonds is 7. The summed E-state index contributed by atoms with van der Waals surface area (Å²) >= 11 is 14.0. The van der Waals surface area contributed by atoms with Crippen LogP contribution in [0, 0.1) is 6.92 Å². The van der Waals surface area contributed by atoms with E-state index in [1.165, 1.54) is 4.88 Å². The number of halogens is 2. The molecule has 0 saturated heterocycles. The van der Waals surface area contributed by atoms with Gasteiger partial charge in [0.05, 0.1) is 11.9 Å². The Hall–Kier alpha value is -2.78. The van der Waals surface area contributed by atoms with E-state index in [0.717, 1.165) is 15.8 Å². The number of aryl methyl sites for hydroxylation is 1. The van der Waals surface area contributed by atoms with Crippen LogP contribution in [-0.4, -0.2) is 29.4 Å². The Morgan fingerprint density at radius 1 is 1.11 bits per heavy atom. The van der Waals surface area contributed by atoms with E-state index >= 15 is 0 Å². The minimum atomic E-state index is -2.37. The Bertz CT molecular complexity index is 1510. The van der Waals surface area contributed by atoms with Crippen LogP contribution in [0.5, 0.6) is 5.75 Å². The van der Waals surface area contributed by atoms with E-state index in [1.54, 1.807) is 35.7 Å². The van der Waals surface area contributed by atoms with Gasteiger partial charge in [0.2, 0.25) is 0 Å². The molecule has 6 nitrogen and oxygen atoms in total. The molecule has 38 heavy (non-hydrogen) atoms. The number of pyridine rings is 1. The third-order valence-electron chi connectivity index (χ3n) is 6.58. The van der Waals surface area contributed by atoms with Crippen LogP contribution in [0.3, 0.4) is 0 Å². The molecule has 3 aromatic heterocycles. The molecule has 0 unspecified atom stereocenters. The van der Waals surface area contributed by atoms with Crippen molar-refractivity contribution in [2.45, 2.75) is 52.4 Å². The van der Waals surface area contributed by atoms with Crippen molar-refractivity contribution in [3.8, 4) is 5.75 Å². The number of nitrogens with one attached hydrogen (secondary N) is 1. The molecule has 4 aromatic rings. The van der Waals surface area contributed by atoms with Crippen LogP contribution in [0.25, 0.3) is 23.1 Å². The standard InChI is InChI=1S/C28H30Cl2N4O2SSi/c1-17-7-8-21(37-17)9-10-23-22-11-12-32-34-24(22)26(36-38(5,6)28(2,3)4)25(33-23)27(35)31-16-18-13-19(29)15-20(30)14-18/h7-15H,16H2,1-6H3,(H,31,35). The quantitative estimate of drug-likeness (QED) is 0.221. The summed E-state index contributed by atoms with van der Waals surface area (Å²) in [7, 11) is -2.37. The van der Waals surface area contributed by atoms with Gasteiger partial charge in [0.25, 0.3) is 14.2 Å². The summed E-state index contributed by atoms with van der Waals surface area (Å²) in [6, 6.07) is 11.1. The summed E-state index contributed by atoms with van der Waals surface area (Å²) in [5.41, 5.74) is 2.05. The van der Waals surface area contributed by atoms with E-state index in [0.29, 0.717) is 27.0 Å². The normalized spacial score (nSPS) is 12.3. The molecular formula is C28H30Cl2N4O2SSi. The lowest BCUT2D eigenvalue weighted by atomic mass is 10.1. The topological polar surface area (TPSA) is 77.0 Å². The van der Waals surface area contributed by atoms with E-state index in [2.05, 4.69) is 68.4 Å². The van der Waals surface area contributed by atoms with E-state index in [-0.39, 0.29) is 23.2 Å². The van der Waals surface area contributed by atoms with Crippen molar-refractivity contribution in [2.75, 3.05) is 0 Å². The smallest absolute Gasteiger partial charge is 0.274 e. The van der Waals surface area contributed by atoms with Crippen molar-refractivity contribution < 1.29 is 9.22 Å². The zero-order chi connectivity index (χ0) is 27.7. The molecule has 0 spiro atoms. The Morgan fingerprint density at radius 3 is 2.45 bits per heavy atom. The first-order valence-corrected chi connectivity index (χ1v) is 16.6. The molecule has 3 heterocycles. The Kier molecular flexibility index (Phi) is 8.28. The van der Waals surface area contributed by atoms with Gasteiger partial charge >= 0.3 is 0 Å². The fourth-order valence-corrected chi connectivity index (χ4v) is 5.88. The predicted molar refractivity (Wildman–Crippen MR) is 161 cm³/mol. The van der Waals surface area contributed by atoms with Crippen molar-refractivity contribution in [2.24, 2.45) is 0 Å². The van der Waals surface area contributed by atoms with Crippen molar-refractivity contribution in [1.82, 2.24) is 20.5 Å². The van der Waals surface area contributed by atoms with Crippen molar-refractivity contribution >= 4 is 71.8 Å². The highest BCUT2D eigenvalue weighted by Gasteiger charge is 2.40. The molecule has 0 atom stereocenters. The van der Waals surface area contributed by atoms with Crippen molar-refractivity contribution in [1.29, 1.82) is 0 Å². The van der Waals surface area contributed by atoms with Gasteiger partial charge in [-0.2, -0.15) is 5.10 Å². The maximum Gasteiger partial charge on any atom is 0.274 e. The largest absolute Gasteiger partial charge is 0.540 e. The van der Waals surface area contributed by atoms with E-state index in [9.17, 15) is 4.79 Å². The van der Waals surface area contributed by atoms with Gasteiger partial charge in [0.15, 0.2) is 11.4 Å². The lowest BCUT2D eigenvalue weighted by molar-refractivity contribution is 0.0944. The molecule has 1 aromatic carbocycles. The number of hydrogen-bond acceptors (Lipinski definition) is 6. The first kappa shape index (κ1) is 28.2. The highest BCUT2D eigenvalue weighted by Crippen LogP contribution is 2.40. The Labute approximate surface area is 238 Å². The average Bonchev–Trinajstić information content (AvgIpc) is 3.25. The summed E-state index contributed by atoms with van der Waals surface area (Å²) in [5, 5.41) is 13.1. The van der Waals surface area contributed by atoms with Gasteiger partial charge in [0.1, 0.15) is 5.52 Å². The van der Waals surface area contributed by atoms with E-state index < -0.39 is 8.32 Å². The summed E-state index contributed by atoms with van der Waals surface area (Å²) in [4.78, 5) is 20.8. The van der Waals surface area contributed by atoms with Gasteiger partial charge in [-0.3, -0.25) is 4.79 Å². The van der Waals surface area contributed by atoms with Crippen LogP contribution in [-0.2, 0) is 6.54 Å². The molecule has 1 amide bonds. The van der Waals surface area contributed by atoms with Gasteiger partial charge in [-0.25, -0.2) is 4.98 Å². The van der Waals surface area contributed by atoms with Crippen LogP contribution in [0.2, 0.25) is 28.2 Å². The number of fused-ring (bicyclic) bond motifs is 1. The number of carbonyl (C=O) groups is 1. The second-order valence-corrected chi connectivity index (χ2v) is 17.5. The zero-order valence-electron chi connectivity index (χ0n) is 22.2. The summed E-state index contributed by atoms with van der Waals surface area (Å²) < 4.78 is 6.69. The van der Waals surface area contributed by atoms with Gasteiger partial charge in [-0.1, -0.05) is 44.0 Å². The lowest BCUT2D eigenvalue weighted by Crippen LogP contribution is -2.44. The number of aromatic nitrogens is 3. The second-order valence-electron chi connectivity index (χ2n) is 10.6. The molecular weight excluding hydrogens is 555 g/mol. The Balaban J connectivity index is 1.81. The fraction of sp³-hybridized carbons (Fsp3) is 0.286. The highest BCUT2D eigenvalue weighted by atomic mass is 35.5. The van der Waals surface area contributed by atoms with Gasteiger partial charge in [-0.05, 0) is 79.2 Å². The minimum absolute atomic E-state index is 0.109. The molecule has 0 bridgehead atoms. The highest BCUT2D eigenvalue weighted by molar-refractivity contribution is 7.12. The number of carbonyl (C=O) groups excluding carboxylic acids is 1. The van der Waals surface area contributed by atoms with Gasteiger partial charge in [0, 0.05) is 31.7 Å². The lowest BCUT2D eigenvalue weighted by Gasteiger charge is -2.36.